The van der Waals surface area contributed by atoms with Gasteiger partial charge in [0.2, 0.25) is 0 Å². The second kappa shape index (κ2) is 6.52. The van der Waals surface area contributed by atoms with Gasteiger partial charge in [0, 0.05) is 26.3 Å². The molecule has 1 saturated carbocycles. The first kappa shape index (κ1) is 16.1. The van der Waals surface area contributed by atoms with E-state index in [1.807, 2.05) is 29.7 Å². The van der Waals surface area contributed by atoms with Crippen molar-refractivity contribution in [2.45, 2.75) is 37.5 Å². The Morgan fingerprint density at radius 1 is 1.25 bits per heavy atom. The van der Waals surface area contributed by atoms with Crippen LogP contribution in [0.1, 0.15) is 32.1 Å². The Bertz CT molecular complexity index is 615. The topological polar surface area (TPSA) is 76.3 Å². The van der Waals surface area contributed by atoms with Crippen molar-refractivity contribution < 1.29 is 0 Å². The van der Waals surface area contributed by atoms with Gasteiger partial charge in [0.1, 0.15) is 5.69 Å². The normalized spacial score (nSPS) is 25.9. The van der Waals surface area contributed by atoms with Crippen molar-refractivity contribution in [1.82, 2.24) is 9.78 Å². The average molecular weight is 349 g/mol. The van der Waals surface area contributed by atoms with E-state index < -0.39 is 0 Å². The monoisotopic (exact) mass is 348 g/mol. The van der Waals surface area contributed by atoms with Crippen LogP contribution in [0.2, 0.25) is 0 Å². The average Bonchev–Trinajstić information content (AvgIpc) is 3.09. The van der Waals surface area contributed by atoms with Gasteiger partial charge in [0.25, 0.3) is 0 Å². The van der Waals surface area contributed by atoms with Gasteiger partial charge in [-0.25, -0.2) is 0 Å². The van der Waals surface area contributed by atoms with Crippen LogP contribution in [-0.4, -0.2) is 34.8 Å². The number of thioether (sulfide) groups is 1. The minimum atomic E-state index is 0.434. The van der Waals surface area contributed by atoms with E-state index in [0.717, 1.165) is 30.6 Å². The summed E-state index contributed by atoms with van der Waals surface area (Å²) in [6.45, 7) is 2.92. The summed E-state index contributed by atoms with van der Waals surface area (Å²) in [7, 11) is 2.04. The highest BCUT2D eigenvalue weighted by Gasteiger charge is 2.38. The molecule has 0 spiro atoms. The van der Waals surface area contributed by atoms with E-state index in [1.54, 1.807) is 0 Å². The lowest BCUT2D eigenvalue weighted by Gasteiger charge is -2.38. The zero-order valence-corrected chi connectivity index (χ0v) is 15.2. The Kier molecular flexibility index (Phi) is 4.39. The predicted molar refractivity (Wildman–Crippen MR) is 101 cm³/mol. The van der Waals surface area contributed by atoms with E-state index >= 15 is 0 Å². The molecule has 1 unspecified atom stereocenters. The number of nitrogens with two attached hydrogens (primary N) is 2. The summed E-state index contributed by atoms with van der Waals surface area (Å²) in [4.78, 5) is 4.85. The molecule has 7 heteroatoms. The molecule has 2 fully saturated rings. The van der Waals surface area contributed by atoms with Gasteiger partial charge in [-0.2, -0.15) is 5.10 Å². The zero-order chi connectivity index (χ0) is 16.7. The van der Waals surface area contributed by atoms with E-state index in [4.69, 9.17) is 11.5 Å². The molecule has 3 aliphatic rings. The Hall–Kier alpha value is -1.34. The van der Waals surface area contributed by atoms with Crippen LogP contribution in [0.5, 0.6) is 0 Å². The van der Waals surface area contributed by atoms with Crippen molar-refractivity contribution in [3.8, 4) is 0 Å². The molecule has 0 aromatic carbocycles. The third-order valence-electron chi connectivity index (χ3n) is 5.76. The first-order valence-corrected chi connectivity index (χ1v) is 9.94. The fourth-order valence-electron chi connectivity index (χ4n) is 4.04. The maximum absolute atomic E-state index is 6.17. The highest BCUT2D eigenvalue weighted by atomic mass is 32.2. The third kappa shape index (κ3) is 2.77. The van der Waals surface area contributed by atoms with Crippen molar-refractivity contribution in [3.63, 3.8) is 0 Å². The van der Waals surface area contributed by atoms with E-state index in [9.17, 15) is 0 Å². The molecule has 0 radical (unpaired) electrons. The number of rotatable bonds is 4. The molecule has 1 aromatic heterocycles. The molecule has 1 atom stereocenters. The summed E-state index contributed by atoms with van der Waals surface area (Å²) >= 11 is 1.81. The Morgan fingerprint density at radius 3 is 2.62 bits per heavy atom. The summed E-state index contributed by atoms with van der Waals surface area (Å²) in [5.41, 5.74) is 13.2. The van der Waals surface area contributed by atoms with Crippen LogP contribution in [0.15, 0.2) is 17.4 Å². The van der Waals surface area contributed by atoms with Crippen molar-refractivity contribution in [2.24, 2.45) is 30.4 Å². The first-order valence-electron chi connectivity index (χ1n) is 9.06. The number of hydrogen-bond donors (Lipinski definition) is 2. The van der Waals surface area contributed by atoms with Gasteiger partial charge in [-0.15, -0.1) is 0 Å². The smallest absolute Gasteiger partial charge is 0.150 e. The van der Waals surface area contributed by atoms with Gasteiger partial charge in [-0.1, -0.05) is 18.2 Å². The maximum Gasteiger partial charge on any atom is 0.150 e. The van der Waals surface area contributed by atoms with Crippen molar-refractivity contribution in [3.05, 3.63) is 17.4 Å². The molecule has 0 amide bonds. The van der Waals surface area contributed by atoms with Crippen molar-refractivity contribution in [2.75, 3.05) is 29.4 Å². The number of nitrogens with zero attached hydrogens (tertiary/aromatic N) is 4. The van der Waals surface area contributed by atoms with E-state index in [1.165, 1.54) is 43.6 Å². The second-order valence-electron chi connectivity index (χ2n) is 7.28. The number of anilines is 2. The Labute approximate surface area is 148 Å². The highest BCUT2D eigenvalue weighted by Crippen LogP contribution is 2.47. The number of aromatic nitrogens is 2. The van der Waals surface area contributed by atoms with Gasteiger partial charge < -0.3 is 21.3 Å². The molecule has 6 nitrogen and oxygen atoms in total. The molecular weight excluding hydrogens is 320 g/mol. The Morgan fingerprint density at radius 2 is 2.00 bits per heavy atom. The summed E-state index contributed by atoms with van der Waals surface area (Å²) < 4.78 is 2.02. The maximum atomic E-state index is 6.17. The molecule has 4 rings (SSSR count). The first-order chi connectivity index (χ1) is 11.7. The van der Waals surface area contributed by atoms with Crippen LogP contribution in [0, 0.1) is 11.8 Å². The molecular formula is C17H28N6S. The van der Waals surface area contributed by atoms with Gasteiger partial charge >= 0.3 is 0 Å². The van der Waals surface area contributed by atoms with Crippen LogP contribution in [0.3, 0.4) is 0 Å². The third-order valence-corrected chi connectivity index (χ3v) is 7.00. The fourth-order valence-corrected chi connectivity index (χ4v) is 5.25. The summed E-state index contributed by atoms with van der Waals surface area (Å²) in [5.74, 6) is 2.63. The van der Waals surface area contributed by atoms with Crippen LogP contribution in [0.25, 0.3) is 0 Å². The van der Waals surface area contributed by atoms with E-state index in [2.05, 4.69) is 21.1 Å². The summed E-state index contributed by atoms with van der Waals surface area (Å²) in [5, 5.41) is 5.92. The minimum Gasteiger partial charge on any atom is -0.392 e. The molecule has 24 heavy (non-hydrogen) atoms. The van der Waals surface area contributed by atoms with Gasteiger partial charge in [0.15, 0.2) is 5.82 Å². The number of aryl methyl sites for hydroxylation is 1. The van der Waals surface area contributed by atoms with E-state index in [0.29, 0.717) is 11.3 Å². The predicted octanol–water partition coefficient (Wildman–Crippen LogP) is 2.03. The van der Waals surface area contributed by atoms with E-state index in [-0.39, 0.29) is 0 Å². The fraction of sp³-hybridized carbons (Fsp3) is 0.706. The van der Waals surface area contributed by atoms with Crippen LogP contribution in [-0.2, 0) is 7.05 Å². The largest absolute Gasteiger partial charge is 0.392 e. The molecule has 4 N–H and O–H groups in total. The van der Waals surface area contributed by atoms with Crippen LogP contribution < -0.4 is 21.3 Å². The standard InChI is InChI=1S/C17H28N6S/c1-21-16(22-7-5-12(9-18)6-8-22)14(10-20-21)23-11-15(19)24-17(23)13-3-2-4-13/h10-13,17H,2-9,18-19H2,1H3. The van der Waals surface area contributed by atoms with Gasteiger partial charge in [-0.3, -0.25) is 4.68 Å². The quantitative estimate of drug-likeness (QED) is 0.867. The van der Waals surface area contributed by atoms with Crippen LogP contribution in [0.4, 0.5) is 11.5 Å². The van der Waals surface area contributed by atoms with Crippen molar-refractivity contribution >= 4 is 23.3 Å². The molecule has 1 aliphatic carbocycles. The molecule has 1 aromatic rings. The lowest BCUT2D eigenvalue weighted by molar-refractivity contribution is 0.309. The summed E-state index contributed by atoms with van der Waals surface area (Å²) in [6.07, 6.45) is 10.4. The van der Waals surface area contributed by atoms with Crippen LogP contribution >= 0.6 is 11.8 Å². The lowest BCUT2D eigenvalue weighted by Crippen LogP contribution is -2.39. The van der Waals surface area contributed by atoms with Gasteiger partial charge in [-0.05, 0) is 44.1 Å². The molecule has 132 valence electrons. The molecule has 1 saturated heterocycles. The summed E-state index contributed by atoms with van der Waals surface area (Å²) in [6, 6.07) is 0. The Balaban J connectivity index is 1.59. The molecule has 3 heterocycles. The zero-order valence-electron chi connectivity index (χ0n) is 14.4. The second-order valence-corrected chi connectivity index (χ2v) is 8.47. The van der Waals surface area contributed by atoms with Crippen molar-refractivity contribution in [1.29, 1.82) is 0 Å². The van der Waals surface area contributed by atoms with Gasteiger partial charge in [0.05, 0.1) is 16.6 Å². The highest BCUT2D eigenvalue weighted by molar-refractivity contribution is 8.04. The number of hydrogen-bond acceptors (Lipinski definition) is 6. The SMILES string of the molecule is Cn1ncc(N2C=C(N)SC2C2CCC2)c1N1CCC(CN)CC1. The minimum absolute atomic E-state index is 0.434. The molecule has 0 bridgehead atoms. The lowest BCUT2D eigenvalue weighted by atomic mass is 9.85. The molecule has 2 aliphatic heterocycles. The number of piperidine rings is 1.